The maximum Gasteiger partial charge on any atom is 0.232 e. The summed E-state index contributed by atoms with van der Waals surface area (Å²) in [6.07, 6.45) is 3.63. The molecule has 0 saturated carbocycles. The first-order chi connectivity index (χ1) is 8.75. The summed E-state index contributed by atoms with van der Waals surface area (Å²) in [6, 6.07) is 8.51. The van der Waals surface area contributed by atoms with Crippen LogP contribution < -0.4 is 0 Å². The molecular formula is C15H21NOS. The highest BCUT2D eigenvalue weighted by Crippen LogP contribution is 2.16. The number of amides is 1. The first-order valence-electron chi connectivity index (χ1n) is 6.67. The van der Waals surface area contributed by atoms with Gasteiger partial charge < -0.3 is 4.90 Å². The van der Waals surface area contributed by atoms with Crippen LogP contribution in [0.3, 0.4) is 0 Å². The number of carbonyl (C=O) groups is 1. The minimum Gasteiger partial charge on any atom is -0.342 e. The van der Waals surface area contributed by atoms with Gasteiger partial charge in [0.1, 0.15) is 0 Å². The van der Waals surface area contributed by atoms with Gasteiger partial charge in [-0.2, -0.15) is 0 Å². The van der Waals surface area contributed by atoms with Crippen molar-refractivity contribution in [3.05, 3.63) is 35.4 Å². The molecule has 1 amide bonds. The van der Waals surface area contributed by atoms with E-state index in [1.54, 1.807) is 11.8 Å². The van der Waals surface area contributed by atoms with Crippen LogP contribution in [0.4, 0.5) is 0 Å². The highest BCUT2D eigenvalue weighted by Gasteiger charge is 2.15. The Bertz CT molecular complexity index is 399. The molecule has 0 radical (unpaired) electrons. The SMILES string of the molecule is Cc1cccc(CSCC(=O)N2CCCCC2)c1. The minimum absolute atomic E-state index is 0.312. The molecule has 1 fully saturated rings. The smallest absolute Gasteiger partial charge is 0.232 e. The van der Waals surface area contributed by atoms with Gasteiger partial charge >= 0.3 is 0 Å². The summed E-state index contributed by atoms with van der Waals surface area (Å²) < 4.78 is 0. The first kappa shape index (κ1) is 13.5. The zero-order chi connectivity index (χ0) is 12.8. The lowest BCUT2D eigenvalue weighted by molar-refractivity contribution is -0.129. The van der Waals surface area contributed by atoms with Gasteiger partial charge in [-0.25, -0.2) is 0 Å². The van der Waals surface area contributed by atoms with Gasteiger partial charge in [-0.3, -0.25) is 4.79 Å². The predicted octanol–water partition coefficient (Wildman–Crippen LogP) is 3.24. The molecule has 1 aliphatic rings. The second-order valence-corrected chi connectivity index (χ2v) is 5.91. The van der Waals surface area contributed by atoms with Crippen molar-refractivity contribution in [1.29, 1.82) is 0 Å². The van der Waals surface area contributed by atoms with Crippen molar-refractivity contribution in [3.8, 4) is 0 Å². The van der Waals surface area contributed by atoms with E-state index in [1.807, 2.05) is 4.90 Å². The Labute approximate surface area is 114 Å². The van der Waals surface area contributed by atoms with Crippen LogP contribution in [0, 0.1) is 6.92 Å². The van der Waals surface area contributed by atoms with E-state index in [2.05, 4.69) is 31.2 Å². The van der Waals surface area contributed by atoms with Gasteiger partial charge in [0.25, 0.3) is 0 Å². The van der Waals surface area contributed by atoms with Gasteiger partial charge in [0.05, 0.1) is 5.75 Å². The quantitative estimate of drug-likeness (QED) is 0.831. The number of rotatable bonds is 4. The van der Waals surface area contributed by atoms with Crippen molar-refractivity contribution < 1.29 is 4.79 Å². The van der Waals surface area contributed by atoms with Crippen LogP contribution >= 0.6 is 11.8 Å². The van der Waals surface area contributed by atoms with Crippen molar-refractivity contribution in [3.63, 3.8) is 0 Å². The van der Waals surface area contributed by atoms with Crippen LogP contribution in [-0.4, -0.2) is 29.6 Å². The molecule has 1 aromatic carbocycles. The van der Waals surface area contributed by atoms with Gasteiger partial charge in [0, 0.05) is 18.8 Å². The lowest BCUT2D eigenvalue weighted by Crippen LogP contribution is -2.36. The first-order valence-corrected chi connectivity index (χ1v) is 7.82. The van der Waals surface area contributed by atoms with E-state index >= 15 is 0 Å². The number of piperidine rings is 1. The fraction of sp³-hybridized carbons (Fsp3) is 0.533. The molecule has 2 nitrogen and oxygen atoms in total. The molecule has 1 saturated heterocycles. The predicted molar refractivity (Wildman–Crippen MR) is 77.8 cm³/mol. The van der Waals surface area contributed by atoms with E-state index in [9.17, 15) is 4.79 Å². The Balaban J connectivity index is 1.73. The molecule has 1 heterocycles. The maximum atomic E-state index is 12.0. The molecule has 0 spiro atoms. The average molecular weight is 263 g/mol. The Kier molecular flexibility index (Phi) is 5.12. The standard InChI is InChI=1S/C15H21NOS/c1-13-6-5-7-14(10-13)11-18-12-15(17)16-8-3-2-4-9-16/h5-7,10H,2-4,8-9,11-12H2,1H3. The van der Waals surface area contributed by atoms with Gasteiger partial charge in [0.2, 0.25) is 5.91 Å². The Morgan fingerprint density at radius 2 is 2.06 bits per heavy atom. The molecule has 2 rings (SSSR count). The van der Waals surface area contributed by atoms with E-state index in [1.165, 1.54) is 30.4 Å². The highest BCUT2D eigenvalue weighted by atomic mass is 32.2. The highest BCUT2D eigenvalue weighted by molar-refractivity contribution is 7.99. The molecule has 0 aliphatic carbocycles. The van der Waals surface area contributed by atoms with Crippen LogP contribution in [0.15, 0.2) is 24.3 Å². The summed E-state index contributed by atoms with van der Waals surface area (Å²) in [5.74, 6) is 1.86. The second kappa shape index (κ2) is 6.83. The summed E-state index contributed by atoms with van der Waals surface area (Å²) in [5.41, 5.74) is 2.60. The van der Waals surface area contributed by atoms with Gasteiger partial charge in [-0.05, 0) is 31.7 Å². The lowest BCUT2D eigenvalue weighted by atomic mass is 10.1. The Hall–Kier alpha value is -0.960. The third-order valence-electron chi connectivity index (χ3n) is 3.29. The fourth-order valence-corrected chi connectivity index (χ4v) is 3.17. The molecule has 0 unspecified atom stereocenters. The molecule has 1 aromatic rings. The number of likely N-dealkylation sites (tertiary alicyclic amines) is 1. The maximum absolute atomic E-state index is 12.0. The molecule has 98 valence electrons. The van der Waals surface area contributed by atoms with Crippen LogP contribution in [0.1, 0.15) is 30.4 Å². The topological polar surface area (TPSA) is 20.3 Å². The molecule has 0 N–H and O–H groups in total. The number of hydrogen-bond acceptors (Lipinski definition) is 2. The van der Waals surface area contributed by atoms with Crippen molar-refractivity contribution >= 4 is 17.7 Å². The summed E-state index contributed by atoms with van der Waals surface area (Å²) in [5, 5.41) is 0. The average Bonchev–Trinajstić information content (AvgIpc) is 2.40. The minimum atomic E-state index is 0.312. The molecule has 0 atom stereocenters. The fourth-order valence-electron chi connectivity index (χ4n) is 2.29. The third-order valence-corrected chi connectivity index (χ3v) is 4.27. The van der Waals surface area contributed by atoms with Crippen molar-refractivity contribution in [2.24, 2.45) is 0 Å². The second-order valence-electron chi connectivity index (χ2n) is 4.92. The number of aryl methyl sites for hydroxylation is 1. The van der Waals surface area contributed by atoms with Gasteiger partial charge in [-0.15, -0.1) is 11.8 Å². The summed E-state index contributed by atoms with van der Waals surface area (Å²) in [4.78, 5) is 14.0. The van der Waals surface area contributed by atoms with E-state index < -0.39 is 0 Å². The zero-order valence-electron chi connectivity index (χ0n) is 11.0. The molecular weight excluding hydrogens is 242 g/mol. The Morgan fingerprint density at radius 3 is 2.78 bits per heavy atom. The number of hydrogen-bond donors (Lipinski definition) is 0. The summed E-state index contributed by atoms with van der Waals surface area (Å²) >= 11 is 1.73. The molecule has 18 heavy (non-hydrogen) atoms. The zero-order valence-corrected chi connectivity index (χ0v) is 11.8. The molecule has 3 heteroatoms. The largest absolute Gasteiger partial charge is 0.342 e. The Morgan fingerprint density at radius 1 is 1.28 bits per heavy atom. The van der Waals surface area contributed by atoms with E-state index in [4.69, 9.17) is 0 Å². The van der Waals surface area contributed by atoms with E-state index in [0.717, 1.165) is 18.8 Å². The summed E-state index contributed by atoms with van der Waals surface area (Å²) in [6.45, 7) is 4.03. The monoisotopic (exact) mass is 263 g/mol. The number of nitrogens with zero attached hydrogens (tertiary/aromatic N) is 1. The van der Waals surface area contributed by atoms with E-state index in [-0.39, 0.29) is 0 Å². The number of thioether (sulfide) groups is 1. The third kappa shape index (κ3) is 4.05. The van der Waals surface area contributed by atoms with Crippen molar-refractivity contribution in [1.82, 2.24) is 4.90 Å². The van der Waals surface area contributed by atoms with Gasteiger partial charge in [0.15, 0.2) is 0 Å². The number of benzene rings is 1. The molecule has 1 aliphatic heterocycles. The lowest BCUT2D eigenvalue weighted by Gasteiger charge is -2.26. The molecule has 0 aromatic heterocycles. The van der Waals surface area contributed by atoms with Crippen LogP contribution in [-0.2, 0) is 10.5 Å². The van der Waals surface area contributed by atoms with Crippen molar-refractivity contribution in [2.75, 3.05) is 18.8 Å². The number of carbonyl (C=O) groups excluding carboxylic acids is 1. The van der Waals surface area contributed by atoms with Crippen molar-refractivity contribution in [2.45, 2.75) is 31.9 Å². The van der Waals surface area contributed by atoms with Gasteiger partial charge in [-0.1, -0.05) is 29.8 Å². The van der Waals surface area contributed by atoms with Crippen LogP contribution in [0.5, 0.6) is 0 Å². The molecule has 0 bridgehead atoms. The summed E-state index contributed by atoms with van der Waals surface area (Å²) in [7, 11) is 0. The van der Waals surface area contributed by atoms with Crippen LogP contribution in [0.2, 0.25) is 0 Å². The normalized spacial score (nSPS) is 15.7. The van der Waals surface area contributed by atoms with Crippen LogP contribution in [0.25, 0.3) is 0 Å². The van der Waals surface area contributed by atoms with E-state index in [0.29, 0.717) is 11.7 Å².